The van der Waals surface area contributed by atoms with Gasteiger partial charge in [0.2, 0.25) is 0 Å². The van der Waals surface area contributed by atoms with Crippen LogP contribution in [0.25, 0.3) is 0 Å². The molecule has 0 saturated heterocycles. The van der Waals surface area contributed by atoms with Crippen molar-refractivity contribution < 1.29 is 9.53 Å². The van der Waals surface area contributed by atoms with Crippen molar-refractivity contribution in [3.8, 4) is 5.75 Å². The molecule has 1 heterocycles. The van der Waals surface area contributed by atoms with Gasteiger partial charge in [-0.25, -0.2) is 0 Å². The fraction of sp³-hybridized carbons (Fsp3) is 0.417. The number of anilines is 1. The minimum atomic E-state index is -0.432. The highest BCUT2D eigenvalue weighted by molar-refractivity contribution is 6.17. The van der Waals surface area contributed by atoms with Crippen molar-refractivity contribution in [2.45, 2.75) is 19.6 Å². The fourth-order valence-electron chi connectivity index (χ4n) is 1.71. The second-order valence-corrected chi connectivity index (χ2v) is 4.45. The molecule has 2 rings (SSSR count). The Morgan fingerprint density at radius 3 is 3.00 bits per heavy atom. The number of nitrogens with zero attached hydrogens (tertiary/aromatic N) is 1. The lowest BCUT2D eigenvalue weighted by molar-refractivity contribution is -0.122. The number of carbonyl (C=O) groups excluding carboxylic acids is 1. The van der Waals surface area contributed by atoms with Crippen LogP contribution in [0.15, 0.2) is 18.2 Å². The molecule has 5 heteroatoms. The number of hydrogen-bond acceptors (Lipinski definition) is 3. The van der Waals surface area contributed by atoms with Gasteiger partial charge >= 0.3 is 0 Å². The number of rotatable bonds is 3. The smallest absolute Gasteiger partial charge is 0.265 e. The molecule has 1 unspecified atom stereocenters. The largest absolute Gasteiger partial charge is 0.479 e. The molecule has 0 radical (unpaired) electrons. The van der Waals surface area contributed by atoms with Crippen LogP contribution in [0.1, 0.15) is 12.5 Å². The predicted molar refractivity (Wildman–Crippen MR) is 67.3 cm³/mol. The maximum Gasteiger partial charge on any atom is 0.265 e. The maximum atomic E-state index is 11.5. The fourth-order valence-corrected chi connectivity index (χ4v) is 1.79. The van der Waals surface area contributed by atoms with Gasteiger partial charge in [0.25, 0.3) is 5.91 Å². The summed E-state index contributed by atoms with van der Waals surface area (Å²) in [4.78, 5) is 13.4. The van der Waals surface area contributed by atoms with Gasteiger partial charge in [0.15, 0.2) is 6.10 Å². The van der Waals surface area contributed by atoms with Crippen LogP contribution in [0, 0.1) is 0 Å². The molecule has 1 aliphatic rings. The minimum Gasteiger partial charge on any atom is -0.479 e. The summed E-state index contributed by atoms with van der Waals surface area (Å²) in [6.07, 6.45) is -0.432. The molecule has 0 spiro atoms. The van der Waals surface area contributed by atoms with Gasteiger partial charge in [-0.1, -0.05) is 6.07 Å². The summed E-state index contributed by atoms with van der Waals surface area (Å²) < 4.78 is 5.48. The molecule has 1 aromatic rings. The van der Waals surface area contributed by atoms with E-state index in [1.807, 2.05) is 30.1 Å². The number of fused-ring (bicyclic) bond motifs is 1. The van der Waals surface area contributed by atoms with E-state index in [1.54, 1.807) is 6.92 Å². The third kappa shape index (κ3) is 2.70. The summed E-state index contributed by atoms with van der Waals surface area (Å²) >= 11 is 5.72. The lowest BCUT2D eigenvalue weighted by Crippen LogP contribution is -2.34. The van der Waals surface area contributed by atoms with E-state index in [4.69, 9.17) is 16.3 Å². The van der Waals surface area contributed by atoms with Crippen LogP contribution in [0.2, 0.25) is 0 Å². The molecule has 1 N–H and O–H groups in total. The van der Waals surface area contributed by atoms with E-state index in [0.717, 1.165) is 23.5 Å². The number of halogens is 1. The average Bonchev–Trinajstić information content (AvgIpc) is 2.31. The van der Waals surface area contributed by atoms with Crippen molar-refractivity contribution in [3.63, 3.8) is 0 Å². The molecule has 4 nitrogen and oxygen atoms in total. The van der Waals surface area contributed by atoms with E-state index < -0.39 is 6.10 Å². The van der Waals surface area contributed by atoms with Crippen molar-refractivity contribution in [2.75, 3.05) is 18.4 Å². The van der Waals surface area contributed by atoms with E-state index in [9.17, 15) is 4.79 Å². The molecule has 1 amide bonds. The third-order valence-electron chi connectivity index (χ3n) is 2.63. The third-order valence-corrected chi connectivity index (χ3v) is 3.04. The number of benzene rings is 1. The average molecular weight is 255 g/mol. The quantitative estimate of drug-likeness (QED) is 0.663. The van der Waals surface area contributed by atoms with E-state index in [1.165, 1.54) is 0 Å². The van der Waals surface area contributed by atoms with Gasteiger partial charge in [-0.3, -0.25) is 9.69 Å². The molecular formula is C12H15ClN2O2. The zero-order valence-electron chi connectivity index (χ0n) is 9.87. The van der Waals surface area contributed by atoms with Gasteiger partial charge in [0.1, 0.15) is 5.75 Å². The number of amides is 1. The Labute approximate surface area is 106 Å². The van der Waals surface area contributed by atoms with Crippen molar-refractivity contribution in [1.82, 2.24) is 4.90 Å². The summed E-state index contributed by atoms with van der Waals surface area (Å²) in [6.45, 7) is 2.47. The van der Waals surface area contributed by atoms with Crippen LogP contribution in [0.5, 0.6) is 5.75 Å². The summed E-state index contributed by atoms with van der Waals surface area (Å²) in [6, 6.07) is 6.24. The molecule has 17 heavy (non-hydrogen) atoms. The lowest BCUT2D eigenvalue weighted by atomic mass is 10.1. The number of alkyl halides is 1. The summed E-state index contributed by atoms with van der Waals surface area (Å²) in [7, 11) is 1.93. The maximum absolute atomic E-state index is 11.5. The van der Waals surface area contributed by atoms with Crippen molar-refractivity contribution in [1.29, 1.82) is 0 Å². The topological polar surface area (TPSA) is 41.6 Å². The lowest BCUT2D eigenvalue weighted by Gasteiger charge is -2.24. The Morgan fingerprint density at radius 2 is 2.29 bits per heavy atom. The van der Waals surface area contributed by atoms with Crippen LogP contribution in [-0.2, 0) is 11.3 Å². The summed E-state index contributed by atoms with van der Waals surface area (Å²) in [5.74, 6) is 0.606. The highest BCUT2D eigenvalue weighted by Crippen LogP contribution is 2.30. The molecular weight excluding hydrogens is 240 g/mol. The molecule has 1 atom stereocenters. The normalized spacial score (nSPS) is 18.6. The van der Waals surface area contributed by atoms with Crippen molar-refractivity contribution >= 4 is 23.2 Å². The van der Waals surface area contributed by atoms with E-state index in [2.05, 4.69) is 5.32 Å². The monoisotopic (exact) mass is 254 g/mol. The first-order valence-electron chi connectivity index (χ1n) is 5.45. The van der Waals surface area contributed by atoms with Gasteiger partial charge in [0.05, 0.1) is 11.7 Å². The van der Waals surface area contributed by atoms with Crippen LogP contribution in [0.3, 0.4) is 0 Å². The Morgan fingerprint density at radius 1 is 1.53 bits per heavy atom. The van der Waals surface area contributed by atoms with E-state index >= 15 is 0 Å². The molecule has 0 bridgehead atoms. The van der Waals surface area contributed by atoms with Crippen molar-refractivity contribution in [2.24, 2.45) is 0 Å². The molecule has 1 aliphatic heterocycles. The van der Waals surface area contributed by atoms with Crippen LogP contribution >= 0.6 is 11.6 Å². The standard InChI is InChI=1S/C12H15ClN2O2/c1-8-12(16)14-10-5-9(6-15(2)7-13)3-4-11(10)17-8/h3-5,8H,6-7H2,1-2H3,(H,14,16). The van der Waals surface area contributed by atoms with Gasteiger partial charge in [0, 0.05) is 6.54 Å². The SMILES string of the molecule is CC1Oc2ccc(CN(C)CCl)cc2NC1=O. The van der Waals surface area contributed by atoms with Crippen LogP contribution < -0.4 is 10.1 Å². The Bertz CT molecular complexity index is 437. The molecule has 0 aromatic heterocycles. The summed E-state index contributed by atoms with van der Waals surface area (Å²) in [5.41, 5.74) is 1.82. The first-order valence-corrected chi connectivity index (χ1v) is 5.98. The Balaban J connectivity index is 2.19. The zero-order valence-corrected chi connectivity index (χ0v) is 10.6. The number of carbonyl (C=O) groups is 1. The highest BCUT2D eigenvalue weighted by Gasteiger charge is 2.23. The second kappa shape index (κ2) is 4.94. The van der Waals surface area contributed by atoms with Gasteiger partial charge in [-0.15, -0.1) is 11.6 Å². The Kier molecular flexibility index (Phi) is 3.54. The van der Waals surface area contributed by atoms with Gasteiger partial charge < -0.3 is 10.1 Å². The molecule has 0 fully saturated rings. The molecule has 92 valence electrons. The first kappa shape index (κ1) is 12.2. The Hall–Kier alpha value is -1.26. The highest BCUT2D eigenvalue weighted by atomic mass is 35.5. The van der Waals surface area contributed by atoms with Crippen LogP contribution in [-0.4, -0.2) is 30.0 Å². The molecule has 0 aliphatic carbocycles. The number of ether oxygens (including phenoxy) is 1. The van der Waals surface area contributed by atoms with Gasteiger partial charge in [-0.2, -0.15) is 0 Å². The summed E-state index contributed by atoms with van der Waals surface area (Å²) in [5, 5.41) is 2.83. The van der Waals surface area contributed by atoms with Crippen LogP contribution in [0.4, 0.5) is 5.69 Å². The van der Waals surface area contributed by atoms with E-state index in [-0.39, 0.29) is 5.91 Å². The minimum absolute atomic E-state index is 0.111. The zero-order chi connectivity index (χ0) is 12.4. The van der Waals surface area contributed by atoms with Gasteiger partial charge in [-0.05, 0) is 31.7 Å². The van der Waals surface area contributed by atoms with E-state index in [0.29, 0.717) is 6.00 Å². The second-order valence-electron chi connectivity index (χ2n) is 4.21. The predicted octanol–water partition coefficient (Wildman–Crippen LogP) is 2.03. The van der Waals surface area contributed by atoms with Crippen molar-refractivity contribution in [3.05, 3.63) is 23.8 Å². The first-order chi connectivity index (χ1) is 8.10. The number of hydrogen-bond donors (Lipinski definition) is 1. The molecule has 1 aromatic carbocycles. The number of nitrogens with one attached hydrogen (secondary N) is 1. The molecule has 0 saturated carbocycles.